The molecule has 0 heterocycles. The summed E-state index contributed by atoms with van der Waals surface area (Å²) in [5.74, 6) is -2.15. The monoisotopic (exact) mass is 373 g/mol. The Kier molecular flexibility index (Phi) is 5.53. The summed E-state index contributed by atoms with van der Waals surface area (Å²) in [6.45, 7) is -0.600. The molecule has 5 nitrogen and oxygen atoms in total. The van der Waals surface area contributed by atoms with E-state index in [4.69, 9.17) is 21.4 Å². The van der Waals surface area contributed by atoms with Gasteiger partial charge in [-0.25, -0.2) is 4.79 Å². The molecule has 0 saturated heterocycles. The van der Waals surface area contributed by atoms with Gasteiger partial charge in [0.2, 0.25) is 0 Å². The van der Waals surface area contributed by atoms with Gasteiger partial charge in [0.25, 0.3) is 5.91 Å². The molecule has 2 aromatic carbocycles. The predicted molar refractivity (Wildman–Crippen MR) is 84.0 cm³/mol. The highest BCUT2D eigenvalue weighted by Crippen LogP contribution is 2.30. The Morgan fingerprint density at radius 1 is 1.16 bits per heavy atom. The van der Waals surface area contributed by atoms with Crippen LogP contribution in [0.25, 0.3) is 0 Å². The molecule has 0 unspecified atom stereocenters. The fraction of sp³-hybridized carbons (Fsp3) is 0.125. The zero-order valence-corrected chi connectivity index (χ0v) is 13.2. The number of benzene rings is 2. The van der Waals surface area contributed by atoms with Gasteiger partial charge in [0.1, 0.15) is 11.3 Å². The van der Waals surface area contributed by atoms with Crippen molar-refractivity contribution in [3.63, 3.8) is 0 Å². The molecular weight excluding hydrogens is 363 g/mol. The number of carbonyl (C=O) groups excluding carboxylic acids is 1. The Balaban J connectivity index is 2.05. The Morgan fingerprint density at radius 2 is 1.88 bits per heavy atom. The third-order valence-corrected chi connectivity index (χ3v) is 3.24. The molecule has 1 amide bonds. The topological polar surface area (TPSA) is 75.6 Å². The number of carboxylic acid groups (broad SMARTS) is 1. The molecule has 0 aliphatic rings. The summed E-state index contributed by atoms with van der Waals surface area (Å²) in [6.07, 6.45) is -4.53. The van der Waals surface area contributed by atoms with Gasteiger partial charge in [-0.1, -0.05) is 17.7 Å². The number of nitrogens with one attached hydrogen (secondary N) is 1. The van der Waals surface area contributed by atoms with E-state index in [0.29, 0.717) is 0 Å². The SMILES string of the molecule is O=C(COc1cc(Cl)ccc1C(=O)O)Nc1cccc(C(F)(F)F)c1. The average Bonchev–Trinajstić information content (AvgIpc) is 2.52. The Morgan fingerprint density at radius 3 is 2.52 bits per heavy atom. The van der Waals surface area contributed by atoms with Gasteiger partial charge in [0.15, 0.2) is 6.61 Å². The summed E-state index contributed by atoms with van der Waals surface area (Å²) in [5.41, 5.74) is -1.17. The third kappa shape index (κ3) is 5.12. The van der Waals surface area contributed by atoms with E-state index >= 15 is 0 Å². The molecule has 2 aromatic rings. The number of alkyl halides is 3. The van der Waals surface area contributed by atoms with E-state index in [1.807, 2.05) is 0 Å². The van der Waals surface area contributed by atoms with E-state index < -0.39 is 30.2 Å². The predicted octanol–water partition coefficient (Wildman–Crippen LogP) is 4.07. The number of hydrogen-bond donors (Lipinski definition) is 2. The zero-order chi connectivity index (χ0) is 18.6. The number of anilines is 1. The largest absolute Gasteiger partial charge is 0.483 e. The van der Waals surface area contributed by atoms with Gasteiger partial charge in [-0.3, -0.25) is 4.79 Å². The van der Waals surface area contributed by atoms with Crippen LogP contribution in [0.5, 0.6) is 5.75 Å². The van der Waals surface area contributed by atoms with E-state index in [-0.39, 0.29) is 22.0 Å². The highest BCUT2D eigenvalue weighted by molar-refractivity contribution is 6.30. The number of aromatic carboxylic acids is 1. The van der Waals surface area contributed by atoms with Crippen molar-refractivity contribution in [2.45, 2.75) is 6.18 Å². The van der Waals surface area contributed by atoms with E-state index in [9.17, 15) is 22.8 Å². The summed E-state index contributed by atoms with van der Waals surface area (Å²) < 4.78 is 43.0. The van der Waals surface area contributed by atoms with Crippen molar-refractivity contribution in [1.29, 1.82) is 0 Å². The number of halogens is 4. The minimum atomic E-state index is -4.53. The van der Waals surface area contributed by atoms with Crippen LogP contribution in [0.1, 0.15) is 15.9 Å². The third-order valence-electron chi connectivity index (χ3n) is 3.01. The van der Waals surface area contributed by atoms with Crippen LogP contribution in [0, 0.1) is 0 Å². The lowest BCUT2D eigenvalue weighted by atomic mass is 10.2. The first-order valence-electron chi connectivity index (χ1n) is 6.79. The molecule has 0 aromatic heterocycles. The number of amides is 1. The molecule has 9 heteroatoms. The lowest BCUT2D eigenvalue weighted by Crippen LogP contribution is -2.21. The van der Waals surface area contributed by atoms with Crippen LogP contribution in [0.4, 0.5) is 18.9 Å². The van der Waals surface area contributed by atoms with Crippen molar-refractivity contribution in [3.8, 4) is 5.75 Å². The first-order chi connectivity index (χ1) is 11.7. The molecule has 132 valence electrons. The molecule has 0 aliphatic carbocycles. The van der Waals surface area contributed by atoms with E-state index in [1.165, 1.54) is 24.3 Å². The van der Waals surface area contributed by atoms with E-state index in [2.05, 4.69) is 5.32 Å². The summed E-state index contributed by atoms with van der Waals surface area (Å²) in [7, 11) is 0. The van der Waals surface area contributed by atoms with Crippen LogP contribution in [0.15, 0.2) is 42.5 Å². The first-order valence-corrected chi connectivity index (χ1v) is 7.17. The van der Waals surface area contributed by atoms with Crippen LogP contribution in [0.2, 0.25) is 5.02 Å². The molecular formula is C16H11ClF3NO4. The molecule has 25 heavy (non-hydrogen) atoms. The summed E-state index contributed by atoms with van der Waals surface area (Å²) in [6, 6.07) is 7.87. The number of rotatable bonds is 5. The lowest BCUT2D eigenvalue weighted by Gasteiger charge is -2.11. The van der Waals surface area contributed by atoms with Gasteiger partial charge < -0.3 is 15.2 Å². The highest BCUT2D eigenvalue weighted by Gasteiger charge is 2.30. The van der Waals surface area contributed by atoms with Crippen molar-refractivity contribution >= 4 is 29.2 Å². The minimum absolute atomic E-state index is 0.0621. The van der Waals surface area contributed by atoms with Gasteiger partial charge in [0, 0.05) is 10.7 Å². The van der Waals surface area contributed by atoms with Gasteiger partial charge in [-0.05, 0) is 36.4 Å². The molecule has 2 N–H and O–H groups in total. The molecule has 0 aliphatic heterocycles. The number of ether oxygens (including phenoxy) is 1. The van der Waals surface area contributed by atoms with Gasteiger partial charge in [0.05, 0.1) is 5.56 Å². The second-order valence-corrected chi connectivity index (χ2v) is 5.30. The molecule has 0 saturated carbocycles. The van der Waals surface area contributed by atoms with Crippen LogP contribution >= 0.6 is 11.6 Å². The fourth-order valence-electron chi connectivity index (χ4n) is 1.91. The van der Waals surface area contributed by atoms with Crippen LogP contribution in [0.3, 0.4) is 0 Å². The second kappa shape index (κ2) is 7.43. The average molecular weight is 374 g/mol. The maximum Gasteiger partial charge on any atom is 0.416 e. The lowest BCUT2D eigenvalue weighted by molar-refractivity contribution is -0.137. The molecule has 2 rings (SSSR count). The molecule has 0 spiro atoms. The summed E-state index contributed by atoms with van der Waals surface area (Å²) in [4.78, 5) is 22.9. The van der Waals surface area contributed by atoms with Crippen LogP contribution in [-0.4, -0.2) is 23.6 Å². The van der Waals surface area contributed by atoms with Crippen molar-refractivity contribution in [2.75, 3.05) is 11.9 Å². The molecule has 0 fully saturated rings. The summed E-state index contributed by atoms with van der Waals surface area (Å²) in [5, 5.41) is 11.5. The molecule has 0 atom stereocenters. The minimum Gasteiger partial charge on any atom is -0.483 e. The maximum atomic E-state index is 12.6. The number of carboxylic acids is 1. The van der Waals surface area contributed by atoms with Crippen LogP contribution in [-0.2, 0) is 11.0 Å². The standard InChI is InChI=1S/C16H11ClF3NO4/c17-10-4-5-12(15(23)24)13(7-10)25-8-14(22)21-11-3-1-2-9(6-11)16(18,19)20/h1-7H,8H2,(H,21,22)(H,23,24). The highest BCUT2D eigenvalue weighted by atomic mass is 35.5. The summed E-state index contributed by atoms with van der Waals surface area (Å²) >= 11 is 5.75. The molecule has 0 radical (unpaired) electrons. The number of carbonyl (C=O) groups is 2. The van der Waals surface area contributed by atoms with E-state index in [0.717, 1.165) is 18.2 Å². The van der Waals surface area contributed by atoms with Gasteiger partial charge >= 0.3 is 12.1 Å². The Bertz CT molecular complexity index is 808. The first kappa shape index (κ1) is 18.6. The normalized spacial score (nSPS) is 11.0. The van der Waals surface area contributed by atoms with Gasteiger partial charge in [-0.15, -0.1) is 0 Å². The second-order valence-electron chi connectivity index (χ2n) is 4.86. The quantitative estimate of drug-likeness (QED) is 0.828. The molecule has 0 bridgehead atoms. The fourth-order valence-corrected chi connectivity index (χ4v) is 2.07. The van der Waals surface area contributed by atoms with Crippen LogP contribution < -0.4 is 10.1 Å². The van der Waals surface area contributed by atoms with Gasteiger partial charge in [-0.2, -0.15) is 13.2 Å². The maximum absolute atomic E-state index is 12.6. The van der Waals surface area contributed by atoms with Crippen molar-refractivity contribution < 1.29 is 32.6 Å². The number of hydrogen-bond acceptors (Lipinski definition) is 3. The zero-order valence-electron chi connectivity index (χ0n) is 12.4. The van der Waals surface area contributed by atoms with Crippen molar-refractivity contribution in [2.24, 2.45) is 0 Å². The Labute approximate surface area is 145 Å². The smallest absolute Gasteiger partial charge is 0.416 e. The van der Waals surface area contributed by atoms with Crippen molar-refractivity contribution in [3.05, 3.63) is 58.6 Å². The Hall–Kier alpha value is -2.74. The van der Waals surface area contributed by atoms with E-state index in [1.54, 1.807) is 0 Å². The van der Waals surface area contributed by atoms with Crippen molar-refractivity contribution in [1.82, 2.24) is 0 Å².